The van der Waals surface area contributed by atoms with Gasteiger partial charge in [0.2, 0.25) is 5.95 Å². The van der Waals surface area contributed by atoms with E-state index in [1.54, 1.807) is 23.5 Å². The maximum Gasteiger partial charge on any atom is 0.433 e. The van der Waals surface area contributed by atoms with Gasteiger partial charge in [0.05, 0.1) is 11.3 Å². The van der Waals surface area contributed by atoms with Crippen molar-refractivity contribution in [3.8, 4) is 11.3 Å². The van der Waals surface area contributed by atoms with E-state index in [-0.39, 0.29) is 11.3 Å². The topological polar surface area (TPSA) is 84.0 Å². The molecule has 0 spiro atoms. The maximum absolute atomic E-state index is 13.2. The first-order chi connectivity index (χ1) is 14.9. The van der Waals surface area contributed by atoms with Crippen LogP contribution in [0.4, 0.5) is 37.1 Å². The first-order valence-corrected chi connectivity index (χ1v) is 8.75. The van der Waals surface area contributed by atoms with Gasteiger partial charge in [-0.25, -0.2) is 14.8 Å². The van der Waals surface area contributed by atoms with Crippen LogP contribution in [0.5, 0.6) is 0 Å². The van der Waals surface area contributed by atoms with Crippen molar-refractivity contribution < 1.29 is 35.9 Å². The van der Waals surface area contributed by atoms with Crippen molar-refractivity contribution in [3.63, 3.8) is 0 Å². The Balaban J connectivity index is 1.79. The van der Waals surface area contributed by atoms with Crippen LogP contribution < -0.4 is 10.6 Å². The number of imide groups is 1. The number of nitrogens with zero attached hydrogens (tertiary/aromatic N) is 2. The molecule has 32 heavy (non-hydrogen) atoms. The lowest BCUT2D eigenvalue weighted by Crippen LogP contribution is -2.35. The zero-order valence-electron chi connectivity index (χ0n) is 15.8. The minimum atomic E-state index is -4.84. The summed E-state index contributed by atoms with van der Waals surface area (Å²) >= 11 is 0. The molecule has 166 valence electrons. The molecule has 3 aromatic rings. The van der Waals surface area contributed by atoms with E-state index in [0.29, 0.717) is 23.8 Å². The number of halogens is 6. The van der Waals surface area contributed by atoms with Gasteiger partial charge in [0, 0.05) is 11.1 Å². The van der Waals surface area contributed by atoms with Crippen molar-refractivity contribution in [2.45, 2.75) is 12.4 Å². The molecule has 1 aromatic heterocycles. The molecule has 3 rings (SSSR count). The Morgan fingerprint density at radius 1 is 0.781 bits per heavy atom. The molecule has 12 heteroatoms. The van der Waals surface area contributed by atoms with Crippen molar-refractivity contribution in [2.75, 3.05) is 5.32 Å². The summed E-state index contributed by atoms with van der Waals surface area (Å²) in [4.78, 5) is 31.2. The Bertz CT molecular complexity index is 1130. The Kier molecular flexibility index (Phi) is 6.14. The standard InChI is InChI=1S/C20H12F6N4O2/c21-19(22,23)13-8-6-12(7-9-13)16(31)29-18(32)30-17-27-14(11-4-2-1-3-5-11)10-15(28-17)20(24,25)26/h1-10H,(H2,27,28,29,30,31,32). The minimum absolute atomic E-state index is 0.128. The van der Waals surface area contributed by atoms with Crippen LogP contribution in [0.15, 0.2) is 60.7 Å². The quantitative estimate of drug-likeness (QED) is 0.537. The number of amides is 3. The molecule has 0 saturated carbocycles. The number of nitrogens with one attached hydrogen (secondary N) is 2. The molecule has 6 nitrogen and oxygen atoms in total. The van der Waals surface area contributed by atoms with E-state index in [4.69, 9.17) is 0 Å². The highest BCUT2D eigenvalue weighted by Crippen LogP contribution is 2.31. The van der Waals surface area contributed by atoms with E-state index in [9.17, 15) is 35.9 Å². The lowest BCUT2D eigenvalue weighted by molar-refractivity contribution is -0.141. The zero-order valence-corrected chi connectivity index (χ0v) is 15.8. The van der Waals surface area contributed by atoms with Gasteiger partial charge in [-0.05, 0) is 30.3 Å². The highest BCUT2D eigenvalue weighted by molar-refractivity contribution is 6.07. The molecule has 0 aliphatic carbocycles. The molecule has 2 N–H and O–H groups in total. The van der Waals surface area contributed by atoms with Crippen LogP contribution in [0.2, 0.25) is 0 Å². The number of hydrogen-bond acceptors (Lipinski definition) is 4. The van der Waals surface area contributed by atoms with Crippen LogP contribution in [0.1, 0.15) is 21.6 Å². The predicted octanol–water partition coefficient (Wildman–Crippen LogP) is 5.14. The normalized spacial score (nSPS) is 11.7. The third kappa shape index (κ3) is 5.59. The number of aromatic nitrogens is 2. The van der Waals surface area contributed by atoms with Gasteiger partial charge in [-0.1, -0.05) is 30.3 Å². The monoisotopic (exact) mass is 454 g/mol. The number of alkyl halides is 6. The van der Waals surface area contributed by atoms with Gasteiger partial charge in [0.1, 0.15) is 0 Å². The van der Waals surface area contributed by atoms with Crippen molar-refractivity contribution in [2.24, 2.45) is 0 Å². The number of anilines is 1. The summed E-state index contributed by atoms with van der Waals surface area (Å²) in [5, 5.41) is 3.72. The number of carbonyl (C=O) groups is 2. The molecule has 0 atom stereocenters. The molecule has 0 unspecified atom stereocenters. The van der Waals surface area contributed by atoms with E-state index in [0.717, 1.165) is 12.1 Å². The second kappa shape index (κ2) is 8.65. The largest absolute Gasteiger partial charge is 0.433 e. The van der Waals surface area contributed by atoms with Gasteiger partial charge in [-0.2, -0.15) is 26.3 Å². The number of hydrogen-bond donors (Lipinski definition) is 2. The highest BCUT2D eigenvalue weighted by atomic mass is 19.4. The van der Waals surface area contributed by atoms with Crippen molar-refractivity contribution in [1.29, 1.82) is 0 Å². The van der Waals surface area contributed by atoms with Gasteiger partial charge < -0.3 is 0 Å². The third-order valence-electron chi connectivity index (χ3n) is 4.01. The highest BCUT2D eigenvalue weighted by Gasteiger charge is 2.34. The molecular formula is C20H12F6N4O2. The number of benzene rings is 2. The minimum Gasteiger partial charge on any atom is -0.276 e. The summed E-state index contributed by atoms with van der Waals surface area (Å²) < 4.78 is 77.3. The van der Waals surface area contributed by atoms with Gasteiger partial charge in [0.15, 0.2) is 5.69 Å². The zero-order chi connectivity index (χ0) is 23.5. The summed E-state index contributed by atoms with van der Waals surface area (Å²) in [7, 11) is 0. The summed E-state index contributed by atoms with van der Waals surface area (Å²) in [6, 6.07) is 10.2. The van der Waals surface area contributed by atoms with Gasteiger partial charge >= 0.3 is 18.4 Å². The Labute approximate surface area is 176 Å². The van der Waals surface area contributed by atoms with E-state index in [2.05, 4.69) is 9.97 Å². The average Bonchev–Trinajstić information content (AvgIpc) is 2.73. The van der Waals surface area contributed by atoms with Crippen LogP contribution in [0.25, 0.3) is 11.3 Å². The second-order valence-electron chi connectivity index (χ2n) is 6.31. The van der Waals surface area contributed by atoms with Gasteiger partial charge in [0.25, 0.3) is 5.91 Å². The fourth-order valence-electron chi connectivity index (χ4n) is 2.52. The van der Waals surface area contributed by atoms with Crippen molar-refractivity contribution >= 4 is 17.9 Å². The smallest absolute Gasteiger partial charge is 0.276 e. The molecular weight excluding hydrogens is 442 g/mol. The Morgan fingerprint density at radius 2 is 1.41 bits per heavy atom. The molecule has 0 saturated heterocycles. The molecule has 0 bridgehead atoms. The van der Waals surface area contributed by atoms with Crippen LogP contribution in [-0.2, 0) is 12.4 Å². The summed E-state index contributed by atoms with van der Waals surface area (Å²) in [5.74, 6) is -1.80. The van der Waals surface area contributed by atoms with Crippen LogP contribution in [0, 0.1) is 0 Å². The van der Waals surface area contributed by atoms with Gasteiger partial charge in [-0.3, -0.25) is 15.4 Å². The van der Waals surface area contributed by atoms with Gasteiger partial charge in [-0.15, -0.1) is 0 Å². The van der Waals surface area contributed by atoms with E-state index >= 15 is 0 Å². The first kappa shape index (κ1) is 22.7. The molecule has 1 heterocycles. The maximum atomic E-state index is 13.2. The van der Waals surface area contributed by atoms with Crippen LogP contribution in [0.3, 0.4) is 0 Å². The molecule has 2 aromatic carbocycles. The summed E-state index contributed by atoms with van der Waals surface area (Å²) in [6.45, 7) is 0. The van der Waals surface area contributed by atoms with E-state index in [1.807, 2.05) is 5.32 Å². The molecule has 0 aliphatic heterocycles. The van der Waals surface area contributed by atoms with E-state index in [1.165, 1.54) is 12.1 Å². The van der Waals surface area contributed by atoms with Crippen LogP contribution in [-0.4, -0.2) is 21.9 Å². The van der Waals surface area contributed by atoms with Crippen LogP contribution >= 0.6 is 0 Å². The average molecular weight is 454 g/mol. The second-order valence-corrected chi connectivity index (χ2v) is 6.31. The lowest BCUT2D eigenvalue weighted by Gasteiger charge is -2.12. The number of urea groups is 1. The molecule has 0 fully saturated rings. The molecule has 0 radical (unpaired) electrons. The first-order valence-electron chi connectivity index (χ1n) is 8.75. The number of rotatable bonds is 3. The fourth-order valence-corrected chi connectivity index (χ4v) is 2.52. The fraction of sp³-hybridized carbons (Fsp3) is 0.100. The van der Waals surface area contributed by atoms with Crippen molar-refractivity contribution in [1.82, 2.24) is 15.3 Å². The lowest BCUT2D eigenvalue weighted by atomic mass is 10.1. The van der Waals surface area contributed by atoms with E-state index < -0.39 is 41.5 Å². The summed E-state index contributed by atoms with van der Waals surface area (Å²) in [5.41, 5.74) is -2.40. The molecule has 0 aliphatic rings. The predicted molar refractivity (Wildman–Crippen MR) is 100 cm³/mol. The Hall–Kier alpha value is -3.96. The Morgan fingerprint density at radius 3 is 1.97 bits per heavy atom. The number of carbonyl (C=O) groups excluding carboxylic acids is 2. The third-order valence-corrected chi connectivity index (χ3v) is 4.01. The molecule has 3 amide bonds. The van der Waals surface area contributed by atoms with Crippen molar-refractivity contribution in [3.05, 3.63) is 77.5 Å². The summed E-state index contributed by atoms with van der Waals surface area (Å²) in [6.07, 6.45) is -9.45. The SMILES string of the molecule is O=C(NC(=O)c1ccc(C(F)(F)F)cc1)Nc1nc(-c2ccccc2)cc(C(F)(F)F)n1.